The fourth-order valence-corrected chi connectivity index (χ4v) is 3.40. The van der Waals surface area contributed by atoms with Gasteiger partial charge in [0, 0.05) is 0 Å². The van der Waals surface area contributed by atoms with Crippen LogP contribution >= 0.6 is 23.4 Å². The Kier molecular flexibility index (Phi) is 5.83. The summed E-state index contributed by atoms with van der Waals surface area (Å²) in [5.74, 6) is -0.462. The number of amides is 2. The Balaban J connectivity index is 1.76. The number of aryl methyl sites for hydroxylation is 1. The molecule has 0 unspecified atom stereocenters. The molecule has 0 aliphatic carbocycles. The minimum absolute atomic E-state index is 0.225. The van der Waals surface area contributed by atoms with Gasteiger partial charge in [0.2, 0.25) is 0 Å². The molecule has 0 bridgehead atoms. The molecule has 0 spiro atoms. The molecule has 138 valence electrons. The maximum absolute atomic E-state index is 12.2. The van der Waals surface area contributed by atoms with Crippen LogP contribution in [0.4, 0.5) is 5.69 Å². The van der Waals surface area contributed by atoms with E-state index in [0.29, 0.717) is 20.8 Å². The Morgan fingerprint density at radius 1 is 1.33 bits per heavy atom. The quantitative estimate of drug-likeness (QED) is 0.751. The Morgan fingerprint density at radius 3 is 2.85 bits per heavy atom. The van der Waals surface area contributed by atoms with Crippen molar-refractivity contribution in [2.45, 2.75) is 6.92 Å². The van der Waals surface area contributed by atoms with E-state index in [1.54, 1.807) is 24.3 Å². The summed E-state index contributed by atoms with van der Waals surface area (Å²) in [7, 11) is 0. The van der Waals surface area contributed by atoms with E-state index < -0.39 is 5.91 Å². The van der Waals surface area contributed by atoms with Crippen molar-refractivity contribution < 1.29 is 14.3 Å². The molecule has 1 saturated heterocycles. The van der Waals surface area contributed by atoms with Crippen molar-refractivity contribution in [3.8, 4) is 5.75 Å². The number of carbonyl (C=O) groups is 2. The first kappa shape index (κ1) is 19.0. The summed E-state index contributed by atoms with van der Waals surface area (Å²) < 4.78 is 5.21. The van der Waals surface area contributed by atoms with Crippen LogP contribution in [0.5, 0.6) is 5.75 Å². The topological polar surface area (TPSA) is 93.8 Å². The van der Waals surface area contributed by atoms with Gasteiger partial charge in [0.05, 0.1) is 15.6 Å². The molecule has 3 N–H and O–H groups in total. The monoisotopic (exact) mass is 401 g/mol. The predicted molar refractivity (Wildman–Crippen MR) is 108 cm³/mol. The summed E-state index contributed by atoms with van der Waals surface area (Å²) >= 11 is 7.40. The van der Waals surface area contributed by atoms with E-state index >= 15 is 0 Å². The number of benzene rings is 2. The Morgan fingerprint density at radius 2 is 2.15 bits per heavy atom. The summed E-state index contributed by atoms with van der Waals surface area (Å²) in [5, 5.41) is 3.59. The van der Waals surface area contributed by atoms with Gasteiger partial charge in [-0.3, -0.25) is 9.59 Å². The van der Waals surface area contributed by atoms with Crippen LogP contribution in [0.3, 0.4) is 0 Å². The lowest BCUT2D eigenvalue weighted by Gasteiger charge is -2.06. The normalized spacial score (nSPS) is 16.6. The van der Waals surface area contributed by atoms with Crippen LogP contribution in [-0.2, 0) is 9.59 Å². The smallest absolute Gasteiger partial charge is 0.264 e. The molecule has 2 aromatic rings. The molecule has 0 aromatic heterocycles. The Bertz CT molecular complexity index is 972. The highest BCUT2D eigenvalue weighted by atomic mass is 35.5. The molecule has 1 aliphatic rings. The van der Waals surface area contributed by atoms with Crippen molar-refractivity contribution in [3.63, 3.8) is 0 Å². The van der Waals surface area contributed by atoms with Crippen LogP contribution in [0.1, 0.15) is 11.1 Å². The van der Waals surface area contributed by atoms with Crippen molar-refractivity contribution in [1.82, 2.24) is 5.32 Å². The molecule has 1 fully saturated rings. The fraction of sp³-hybridized carbons (Fsp3) is 0.105. The number of hydrogen-bond donors (Lipinski definition) is 2. The van der Waals surface area contributed by atoms with Crippen LogP contribution in [0.2, 0.25) is 5.02 Å². The third-order valence-corrected chi connectivity index (χ3v) is 4.71. The summed E-state index contributed by atoms with van der Waals surface area (Å²) in [6.45, 7) is 1.73. The molecule has 0 radical (unpaired) electrons. The minimum atomic E-state index is -0.586. The predicted octanol–water partition coefficient (Wildman–Crippen LogP) is 3.40. The minimum Gasteiger partial charge on any atom is -0.482 e. The van der Waals surface area contributed by atoms with Crippen molar-refractivity contribution in [2.75, 3.05) is 6.61 Å². The SMILES string of the molecule is Cc1cccc(N=C2NC(=O)C(=Cc3ccc(OCC(N)=O)c(Cl)c3)S2)c1. The van der Waals surface area contributed by atoms with E-state index in [2.05, 4.69) is 10.3 Å². The molecule has 0 saturated carbocycles. The second-order valence-electron chi connectivity index (χ2n) is 5.77. The summed E-state index contributed by atoms with van der Waals surface area (Å²) in [5.41, 5.74) is 7.64. The number of hydrogen-bond acceptors (Lipinski definition) is 5. The zero-order valence-corrected chi connectivity index (χ0v) is 15.9. The van der Waals surface area contributed by atoms with Gasteiger partial charge in [0.1, 0.15) is 5.75 Å². The summed E-state index contributed by atoms with van der Waals surface area (Å²) in [6, 6.07) is 12.7. The highest BCUT2D eigenvalue weighted by Gasteiger charge is 2.23. The summed E-state index contributed by atoms with van der Waals surface area (Å²) in [4.78, 5) is 27.9. The molecular formula is C19H16ClN3O3S. The molecule has 27 heavy (non-hydrogen) atoms. The van der Waals surface area contributed by atoms with E-state index in [0.717, 1.165) is 16.8 Å². The van der Waals surface area contributed by atoms with E-state index in [-0.39, 0.29) is 12.5 Å². The van der Waals surface area contributed by atoms with Gasteiger partial charge in [0.25, 0.3) is 11.8 Å². The molecular weight excluding hydrogens is 386 g/mol. The highest BCUT2D eigenvalue weighted by Crippen LogP contribution is 2.31. The Hall–Kier alpha value is -2.77. The summed E-state index contributed by atoms with van der Waals surface area (Å²) in [6.07, 6.45) is 1.71. The number of carbonyl (C=O) groups excluding carboxylic acids is 2. The number of halogens is 1. The molecule has 1 heterocycles. The molecule has 3 rings (SSSR count). The molecule has 2 amide bonds. The van der Waals surface area contributed by atoms with Crippen molar-refractivity contribution >= 4 is 52.1 Å². The van der Waals surface area contributed by atoms with Crippen molar-refractivity contribution in [2.24, 2.45) is 10.7 Å². The first-order chi connectivity index (χ1) is 12.9. The number of amidine groups is 1. The van der Waals surface area contributed by atoms with E-state index in [9.17, 15) is 9.59 Å². The van der Waals surface area contributed by atoms with Gasteiger partial charge in [-0.05, 0) is 60.2 Å². The number of nitrogens with one attached hydrogen (secondary N) is 1. The van der Waals surface area contributed by atoms with Crippen LogP contribution < -0.4 is 15.8 Å². The second kappa shape index (κ2) is 8.28. The lowest BCUT2D eigenvalue weighted by Crippen LogP contribution is -2.20. The number of nitrogens with two attached hydrogens (primary N) is 1. The molecule has 8 heteroatoms. The largest absolute Gasteiger partial charge is 0.482 e. The molecule has 1 aliphatic heterocycles. The van der Waals surface area contributed by atoms with Gasteiger partial charge in [-0.1, -0.05) is 29.8 Å². The number of nitrogens with zero attached hydrogens (tertiary/aromatic N) is 1. The van der Waals surface area contributed by atoms with E-state index in [4.69, 9.17) is 22.1 Å². The number of aliphatic imine (C=N–C) groups is 1. The number of ether oxygens (including phenoxy) is 1. The lowest BCUT2D eigenvalue weighted by atomic mass is 10.2. The lowest BCUT2D eigenvalue weighted by molar-refractivity contribution is -0.120. The zero-order valence-electron chi connectivity index (χ0n) is 14.4. The fourth-order valence-electron chi connectivity index (χ4n) is 2.32. The maximum atomic E-state index is 12.2. The third kappa shape index (κ3) is 5.12. The highest BCUT2D eigenvalue weighted by molar-refractivity contribution is 8.18. The van der Waals surface area contributed by atoms with Crippen molar-refractivity contribution in [1.29, 1.82) is 0 Å². The van der Waals surface area contributed by atoms with Gasteiger partial charge in [-0.25, -0.2) is 4.99 Å². The van der Waals surface area contributed by atoms with Crippen molar-refractivity contribution in [3.05, 3.63) is 63.5 Å². The van der Waals surface area contributed by atoms with Crippen LogP contribution in [0.15, 0.2) is 52.4 Å². The van der Waals surface area contributed by atoms with Crippen LogP contribution in [0, 0.1) is 6.92 Å². The average Bonchev–Trinajstić information content (AvgIpc) is 2.93. The van der Waals surface area contributed by atoms with E-state index in [1.165, 1.54) is 11.8 Å². The van der Waals surface area contributed by atoms with E-state index in [1.807, 2.05) is 31.2 Å². The molecule has 0 atom stereocenters. The van der Waals surface area contributed by atoms with Gasteiger partial charge in [0.15, 0.2) is 11.8 Å². The third-order valence-electron chi connectivity index (χ3n) is 3.51. The first-order valence-corrected chi connectivity index (χ1v) is 9.17. The molecule has 6 nitrogen and oxygen atoms in total. The van der Waals surface area contributed by atoms with Gasteiger partial charge in [-0.2, -0.15) is 0 Å². The maximum Gasteiger partial charge on any atom is 0.264 e. The van der Waals surface area contributed by atoms with Gasteiger partial charge >= 0.3 is 0 Å². The van der Waals surface area contributed by atoms with Crippen LogP contribution in [-0.4, -0.2) is 23.6 Å². The zero-order chi connectivity index (χ0) is 19.4. The average molecular weight is 402 g/mol. The molecule has 2 aromatic carbocycles. The number of thioether (sulfide) groups is 1. The second-order valence-corrected chi connectivity index (χ2v) is 7.20. The number of rotatable bonds is 5. The standard InChI is InChI=1S/C19H16ClN3O3S/c1-11-3-2-4-13(7-11)22-19-23-18(25)16(27-19)9-12-5-6-15(14(20)8-12)26-10-17(21)24/h2-9H,10H2,1H3,(H2,21,24)(H,22,23,25). The van der Waals surface area contributed by atoms with Crippen LogP contribution in [0.25, 0.3) is 6.08 Å². The van der Waals surface area contributed by atoms with Gasteiger partial charge < -0.3 is 15.8 Å². The Labute approximate surface area is 165 Å². The number of primary amides is 1. The van der Waals surface area contributed by atoms with Gasteiger partial charge in [-0.15, -0.1) is 0 Å². The first-order valence-electron chi connectivity index (χ1n) is 7.97.